The van der Waals surface area contributed by atoms with E-state index in [1.54, 1.807) is 0 Å². The lowest BCUT2D eigenvalue weighted by atomic mass is 10.1. The predicted octanol–water partition coefficient (Wildman–Crippen LogP) is 15.2. The van der Waals surface area contributed by atoms with Crippen LogP contribution in [-0.4, -0.2) is 75.5 Å². The zero-order chi connectivity index (χ0) is 48.4. The number of carboxylic acids is 1. The Morgan fingerprint density at radius 3 is 1.18 bits per heavy atom. The first kappa shape index (κ1) is 63.5. The van der Waals surface area contributed by atoms with Crippen LogP contribution in [0.1, 0.15) is 264 Å². The highest BCUT2D eigenvalue weighted by Gasteiger charge is 2.25. The number of likely N-dealkylation sites (N-methyl/N-ethyl adjacent to an activating group) is 1. The van der Waals surface area contributed by atoms with Gasteiger partial charge >= 0.3 is 11.9 Å². The number of ether oxygens (including phenoxy) is 3. The highest BCUT2D eigenvalue weighted by Crippen LogP contribution is 2.16. The van der Waals surface area contributed by atoms with E-state index in [-0.39, 0.29) is 42.7 Å². The molecule has 0 rings (SSSR count). The predicted molar refractivity (Wildman–Crippen MR) is 277 cm³/mol. The molecular formula is C58H107NO7. The standard InChI is InChI=1S/C58H107NO7/c1-6-8-10-12-14-16-18-20-22-24-26-27-28-29-31-32-34-36-38-40-42-44-46-48-56(60)65-53-54(52-64-51-50-55(58(62)63)59(3,4)5)66-57(61)49-47-45-43-41-39-37-35-33-30-25-23-21-19-17-15-13-11-9-7-2/h25-27,29-31,54-55H,6-24,28,32-53H2,1-5H3/b27-26+,30-25+,31-29+. The monoisotopic (exact) mass is 930 g/mol. The molecule has 0 aliphatic rings. The molecule has 0 amide bonds. The van der Waals surface area contributed by atoms with Gasteiger partial charge in [-0.1, -0.05) is 211 Å². The third kappa shape index (κ3) is 46.7. The Bertz CT molecular complexity index is 1170. The van der Waals surface area contributed by atoms with Gasteiger partial charge in [-0.15, -0.1) is 0 Å². The van der Waals surface area contributed by atoms with Gasteiger partial charge in [-0.3, -0.25) is 9.59 Å². The van der Waals surface area contributed by atoms with E-state index in [1.807, 2.05) is 21.1 Å². The van der Waals surface area contributed by atoms with Gasteiger partial charge in [-0.05, 0) is 70.6 Å². The summed E-state index contributed by atoms with van der Waals surface area (Å²) in [5, 5.41) is 11.7. The molecule has 0 aliphatic carbocycles. The molecule has 0 spiro atoms. The minimum atomic E-state index is -1.12. The van der Waals surface area contributed by atoms with Crippen molar-refractivity contribution in [2.45, 2.75) is 276 Å². The van der Waals surface area contributed by atoms with E-state index < -0.39 is 18.1 Å². The molecular weight excluding hydrogens is 823 g/mol. The molecule has 2 atom stereocenters. The first-order chi connectivity index (χ1) is 32.1. The van der Waals surface area contributed by atoms with Crippen molar-refractivity contribution in [1.82, 2.24) is 0 Å². The summed E-state index contributed by atoms with van der Waals surface area (Å²) in [4.78, 5) is 37.1. The quantitative estimate of drug-likeness (QED) is 0.0259. The molecule has 0 aromatic carbocycles. The molecule has 0 bridgehead atoms. The third-order valence-corrected chi connectivity index (χ3v) is 12.7. The molecule has 0 N–H and O–H groups in total. The maximum Gasteiger partial charge on any atom is 0.306 e. The molecule has 386 valence electrons. The zero-order valence-electron chi connectivity index (χ0n) is 44.1. The number of nitrogens with zero attached hydrogens (tertiary/aromatic N) is 1. The second kappa shape index (κ2) is 49.0. The number of hydrogen-bond acceptors (Lipinski definition) is 7. The summed E-state index contributed by atoms with van der Waals surface area (Å²) in [6.45, 7) is 4.69. The van der Waals surface area contributed by atoms with Crippen LogP contribution in [0.4, 0.5) is 0 Å². The number of rotatable bonds is 51. The fraction of sp³-hybridized carbons (Fsp3) is 0.845. The van der Waals surface area contributed by atoms with Crippen LogP contribution in [0.3, 0.4) is 0 Å². The number of carbonyl (C=O) groups is 3. The van der Waals surface area contributed by atoms with Crippen molar-refractivity contribution in [3.05, 3.63) is 36.5 Å². The highest BCUT2D eigenvalue weighted by molar-refractivity contribution is 5.70. The summed E-state index contributed by atoms with van der Waals surface area (Å²) < 4.78 is 17.3. The SMILES string of the molecule is CCCCCCCCCC/C=C/CCCCCCCCCC(=O)OC(COCCC(C(=O)[O-])[N+](C)(C)C)COC(=O)CCCCCCCCC/C=C/C/C=C/CCCCCCCCCCC. The minimum Gasteiger partial charge on any atom is -0.544 e. The maximum absolute atomic E-state index is 12.8. The van der Waals surface area contributed by atoms with E-state index in [0.717, 1.165) is 51.4 Å². The largest absolute Gasteiger partial charge is 0.544 e. The van der Waals surface area contributed by atoms with Crippen LogP contribution in [0.15, 0.2) is 36.5 Å². The van der Waals surface area contributed by atoms with Gasteiger partial charge in [0, 0.05) is 19.3 Å². The normalized spacial score (nSPS) is 13.0. The molecule has 0 aromatic rings. The van der Waals surface area contributed by atoms with Gasteiger partial charge in [0.2, 0.25) is 0 Å². The van der Waals surface area contributed by atoms with Gasteiger partial charge in [0.25, 0.3) is 0 Å². The second-order valence-electron chi connectivity index (χ2n) is 20.2. The van der Waals surface area contributed by atoms with E-state index in [2.05, 4.69) is 50.3 Å². The van der Waals surface area contributed by atoms with Crippen molar-refractivity contribution in [1.29, 1.82) is 0 Å². The molecule has 8 heteroatoms. The van der Waals surface area contributed by atoms with Gasteiger partial charge in [0.15, 0.2) is 6.10 Å². The van der Waals surface area contributed by atoms with Crippen molar-refractivity contribution in [2.24, 2.45) is 0 Å². The molecule has 66 heavy (non-hydrogen) atoms. The first-order valence-electron chi connectivity index (χ1n) is 28.0. The molecule has 0 heterocycles. The van der Waals surface area contributed by atoms with Gasteiger partial charge in [-0.25, -0.2) is 0 Å². The summed E-state index contributed by atoms with van der Waals surface area (Å²) in [6, 6.07) is -0.728. The number of carboxylic acid groups (broad SMARTS) is 1. The van der Waals surface area contributed by atoms with E-state index in [9.17, 15) is 19.5 Å². The summed E-state index contributed by atoms with van der Waals surface area (Å²) >= 11 is 0. The molecule has 0 fully saturated rings. The Morgan fingerprint density at radius 1 is 0.455 bits per heavy atom. The lowest BCUT2D eigenvalue weighted by Gasteiger charge is -2.34. The van der Waals surface area contributed by atoms with Crippen molar-refractivity contribution < 1.29 is 38.2 Å². The Morgan fingerprint density at radius 2 is 0.803 bits per heavy atom. The van der Waals surface area contributed by atoms with Gasteiger partial charge in [0.1, 0.15) is 12.6 Å². The fourth-order valence-electron chi connectivity index (χ4n) is 8.39. The number of esters is 2. The summed E-state index contributed by atoms with van der Waals surface area (Å²) in [6.07, 6.45) is 59.0. The third-order valence-electron chi connectivity index (χ3n) is 12.7. The Labute approximate surface area is 408 Å². The maximum atomic E-state index is 12.8. The highest BCUT2D eigenvalue weighted by atomic mass is 16.6. The van der Waals surface area contributed by atoms with Crippen molar-refractivity contribution in [3.8, 4) is 0 Å². The van der Waals surface area contributed by atoms with Crippen LogP contribution in [0, 0.1) is 0 Å². The van der Waals surface area contributed by atoms with Crippen molar-refractivity contribution in [2.75, 3.05) is 41.0 Å². The Kier molecular flexibility index (Phi) is 47.2. The summed E-state index contributed by atoms with van der Waals surface area (Å²) in [5.74, 6) is -1.74. The zero-order valence-corrected chi connectivity index (χ0v) is 44.1. The molecule has 0 radical (unpaired) electrons. The molecule has 8 nitrogen and oxygen atoms in total. The van der Waals surface area contributed by atoms with E-state index in [1.165, 1.54) is 180 Å². The molecule has 0 aliphatic heterocycles. The molecule has 0 aromatic heterocycles. The van der Waals surface area contributed by atoms with Crippen LogP contribution in [0.25, 0.3) is 0 Å². The molecule has 2 unspecified atom stereocenters. The number of quaternary nitrogens is 1. The average Bonchev–Trinajstić information content (AvgIpc) is 3.28. The smallest absolute Gasteiger partial charge is 0.306 e. The van der Waals surface area contributed by atoms with Gasteiger partial charge in [-0.2, -0.15) is 0 Å². The van der Waals surface area contributed by atoms with Crippen LogP contribution < -0.4 is 5.11 Å². The Hall–Kier alpha value is -2.45. The topological polar surface area (TPSA) is 102 Å². The molecule has 0 saturated heterocycles. The Balaban J connectivity index is 4.20. The summed E-state index contributed by atoms with van der Waals surface area (Å²) in [5.41, 5.74) is 0. The fourth-order valence-corrected chi connectivity index (χ4v) is 8.39. The van der Waals surface area contributed by atoms with Crippen LogP contribution in [-0.2, 0) is 28.6 Å². The second-order valence-corrected chi connectivity index (χ2v) is 20.2. The van der Waals surface area contributed by atoms with Crippen LogP contribution >= 0.6 is 0 Å². The van der Waals surface area contributed by atoms with Crippen molar-refractivity contribution >= 4 is 17.9 Å². The number of aliphatic carboxylic acids is 1. The first-order valence-corrected chi connectivity index (χ1v) is 28.0. The van der Waals surface area contributed by atoms with Crippen molar-refractivity contribution in [3.63, 3.8) is 0 Å². The van der Waals surface area contributed by atoms with E-state index in [4.69, 9.17) is 14.2 Å². The van der Waals surface area contributed by atoms with Crippen LogP contribution in [0.5, 0.6) is 0 Å². The number of carbonyl (C=O) groups excluding carboxylic acids is 3. The number of unbranched alkanes of at least 4 members (excludes halogenated alkanes) is 31. The van der Waals surface area contributed by atoms with Crippen LogP contribution in [0.2, 0.25) is 0 Å². The number of allylic oxidation sites excluding steroid dienone is 6. The lowest BCUT2D eigenvalue weighted by molar-refractivity contribution is -0.889. The lowest BCUT2D eigenvalue weighted by Crippen LogP contribution is -2.55. The summed E-state index contributed by atoms with van der Waals surface area (Å²) in [7, 11) is 5.42. The van der Waals surface area contributed by atoms with E-state index >= 15 is 0 Å². The molecule has 0 saturated carbocycles. The minimum absolute atomic E-state index is 0.0383. The number of hydrogen-bond donors (Lipinski definition) is 0. The van der Waals surface area contributed by atoms with E-state index in [0.29, 0.717) is 12.8 Å². The van der Waals surface area contributed by atoms with Gasteiger partial charge in [0.05, 0.1) is 40.3 Å². The average molecular weight is 930 g/mol. The van der Waals surface area contributed by atoms with Gasteiger partial charge < -0.3 is 28.6 Å².